The van der Waals surface area contributed by atoms with Gasteiger partial charge in [-0.25, -0.2) is 0 Å². The first-order valence-electron chi connectivity index (χ1n) is 8.95. The van der Waals surface area contributed by atoms with Crippen LogP contribution in [0.4, 0.5) is 0 Å². The highest BCUT2D eigenvalue weighted by molar-refractivity contribution is 5.78. The third kappa shape index (κ3) is 2.71. The van der Waals surface area contributed by atoms with Gasteiger partial charge in [-0.05, 0) is 74.1 Å². The maximum Gasteiger partial charge on any atom is 0.0614 e. The number of hydrogen-bond donors (Lipinski definition) is 1. The van der Waals surface area contributed by atoms with Gasteiger partial charge in [0.1, 0.15) is 0 Å². The van der Waals surface area contributed by atoms with E-state index in [0.29, 0.717) is 6.04 Å². The molecule has 0 atom stereocenters. The number of piperidine rings is 1. The Labute approximate surface area is 139 Å². The summed E-state index contributed by atoms with van der Waals surface area (Å²) in [4.78, 5) is 2.71. The van der Waals surface area contributed by atoms with Crippen molar-refractivity contribution < 1.29 is 0 Å². The van der Waals surface area contributed by atoms with Gasteiger partial charge < -0.3 is 5.32 Å². The summed E-state index contributed by atoms with van der Waals surface area (Å²) >= 11 is 0. The van der Waals surface area contributed by atoms with Crippen LogP contribution in [0.2, 0.25) is 0 Å². The predicted molar refractivity (Wildman–Crippen MR) is 96.6 cm³/mol. The highest BCUT2D eigenvalue weighted by atomic mass is 15.2. The molecule has 1 aliphatic carbocycles. The largest absolute Gasteiger partial charge is 0.320 e. The highest BCUT2D eigenvalue weighted by Gasteiger charge is 2.34. The molecule has 1 fully saturated rings. The van der Waals surface area contributed by atoms with E-state index in [9.17, 15) is 0 Å². The van der Waals surface area contributed by atoms with Gasteiger partial charge in [-0.15, -0.1) is 0 Å². The molecule has 2 heteroatoms. The molecule has 2 aliphatic rings. The molecule has 1 N–H and O–H groups in total. The van der Waals surface area contributed by atoms with Crippen LogP contribution in [0, 0.1) is 5.92 Å². The van der Waals surface area contributed by atoms with Crippen LogP contribution in [0.5, 0.6) is 0 Å². The zero-order valence-electron chi connectivity index (χ0n) is 14.0. The highest BCUT2D eigenvalue weighted by Crippen LogP contribution is 2.47. The Kier molecular flexibility index (Phi) is 4.19. The van der Waals surface area contributed by atoms with Gasteiger partial charge >= 0.3 is 0 Å². The van der Waals surface area contributed by atoms with Crippen molar-refractivity contribution in [3.63, 3.8) is 0 Å². The van der Waals surface area contributed by atoms with Crippen molar-refractivity contribution in [1.82, 2.24) is 10.2 Å². The number of likely N-dealkylation sites (tertiary alicyclic amines) is 1. The molecular weight excluding hydrogens is 280 g/mol. The van der Waals surface area contributed by atoms with Crippen molar-refractivity contribution in [1.29, 1.82) is 0 Å². The average Bonchev–Trinajstić information content (AvgIpc) is 2.95. The fourth-order valence-corrected chi connectivity index (χ4v) is 4.37. The number of nitrogens with zero attached hydrogens (tertiary/aromatic N) is 1. The molecule has 120 valence electrons. The Balaban J connectivity index is 1.58. The van der Waals surface area contributed by atoms with Gasteiger partial charge in [0.25, 0.3) is 0 Å². The molecule has 2 aromatic carbocycles. The summed E-state index contributed by atoms with van der Waals surface area (Å²) in [6, 6.07) is 18.4. The van der Waals surface area contributed by atoms with E-state index in [4.69, 9.17) is 0 Å². The summed E-state index contributed by atoms with van der Waals surface area (Å²) in [7, 11) is 2.06. The van der Waals surface area contributed by atoms with E-state index < -0.39 is 0 Å². The molecule has 4 rings (SSSR count). The van der Waals surface area contributed by atoms with Crippen LogP contribution in [-0.2, 0) is 0 Å². The SMILES string of the molecule is CNCCC1CCN(C2c3ccccc3-c3ccccc32)CC1. The Bertz CT molecular complexity index is 626. The van der Waals surface area contributed by atoms with Gasteiger partial charge in [0.05, 0.1) is 6.04 Å². The number of hydrogen-bond acceptors (Lipinski definition) is 2. The van der Waals surface area contributed by atoms with Gasteiger partial charge in [-0.1, -0.05) is 48.5 Å². The second-order valence-electron chi connectivity index (χ2n) is 6.95. The number of rotatable bonds is 4. The molecule has 1 heterocycles. The molecule has 23 heavy (non-hydrogen) atoms. The number of nitrogens with one attached hydrogen (secondary N) is 1. The Morgan fingerprint density at radius 2 is 1.48 bits per heavy atom. The molecule has 0 unspecified atom stereocenters. The van der Waals surface area contributed by atoms with Crippen molar-refractivity contribution in [2.45, 2.75) is 25.3 Å². The topological polar surface area (TPSA) is 15.3 Å². The Hall–Kier alpha value is -1.64. The second-order valence-corrected chi connectivity index (χ2v) is 6.95. The summed E-state index contributed by atoms with van der Waals surface area (Å²) in [5.41, 5.74) is 5.88. The van der Waals surface area contributed by atoms with Crippen LogP contribution < -0.4 is 5.32 Å². The quantitative estimate of drug-likeness (QED) is 0.915. The first kappa shape index (κ1) is 14.9. The molecule has 2 aromatic rings. The average molecular weight is 306 g/mol. The lowest BCUT2D eigenvalue weighted by atomic mass is 9.91. The third-order valence-electron chi connectivity index (χ3n) is 5.62. The van der Waals surface area contributed by atoms with Crippen molar-refractivity contribution in [2.24, 2.45) is 5.92 Å². The minimum Gasteiger partial charge on any atom is -0.320 e. The third-order valence-corrected chi connectivity index (χ3v) is 5.62. The summed E-state index contributed by atoms with van der Waals surface area (Å²) in [6.45, 7) is 3.60. The summed E-state index contributed by atoms with van der Waals surface area (Å²) in [5, 5.41) is 3.29. The standard InChI is InChI=1S/C21H26N2/c1-22-13-10-16-11-14-23(15-12-16)21-19-8-4-2-6-17(19)18-7-3-5-9-20(18)21/h2-9,16,21-22H,10-15H2,1H3. The van der Waals surface area contributed by atoms with E-state index in [2.05, 4.69) is 65.8 Å². The summed E-state index contributed by atoms with van der Waals surface area (Å²) < 4.78 is 0. The first-order valence-corrected chi connectivity index (χ1v) is 8.95. The van der Waals surface area contributed by atoms with Gasteiger partial charge in [-0.2, -0.15) is 0 Å². The molecule has 0 amide bonds. The zero-order valence-corrected chi connectivity index (χ0v) is 14.0. The smallest absolute Gasteiger partial charge is 0.0614 e. The van der Waals surface area contributed by atoms with E-state index in [1.54, 1.807) is 0 Å². The van der Waals surface area contributed by atoms with Crippen molar-refractivity contribution in [3.8, 4) is 11.1 Å². The lowest BCUT2D eigenvalue weighted by molar-refractivity contribution is 0.149. The normalized spacial score (nSPS) is 18.8. The Morgan fingerprint density at radius 1 is 0.913 bits per heavy atom. The maximum atomic E-state index is 3.29. The van der Waals surface area contributed by atoms with Gasteiger partial charge in [-0.3, -0.25) is 4.90 Å². The van der Waals surface area contributed by atoms with Crippen molar-refractivity contribution >= 4 is 0 Å². The number of fused-ring (bicyclic) bond motifs is 3. The molecular formula is C21H26N2. The van der Waals surface area contributed by atoms with Crippen LogP contribution in [0.25, 0.3) is 11.1 Å². The van der Waals surface area contributed by atoms with Crippen molar-refractivity contribution in [2.75, 3.05) is 26.7 Å². The van der Waals surface area contributed by atoms with E-state index in [1.807, 2.05) is 0 Å². The lowest BCUT2D eigenvalue weighted by Gasteiger charge is -2.37. The first-order chi connectivity index (χ1) is 11.4. The predicted octanol–water partition coefficient (Wildman–Crippen LogP) is 4.08. The molecule has 0 bridgehead atoms. The van der Waals surface area contributed by atoms with Crippen LogP contribution in [-0.4, -0.2) is 31.6 Å². The van der Waals surface area contributed by atoms with E-state index in [-0.39, 0.29) is 0 Å². The fourth-order valence-electron chi connectivity index (χ4n) is 4.37. The monoisotopic (exact) mass is 306 g/mol. The molecule has 1 saturated heterocycles. The summed E-state index contributed by atoms with van der Waals surface area (Å²) in [6.07, 6.45) is 3.99. The van der Waals surface area contributed by atoms with Gasteiger partial charge in [0, 0.05) is 0 Å². The second kappa shape index (κ2) is 6.46. The molecule has 0 spiro atoms. The van der Waals surface area contributed by atoms with Crippen LogP contribution in [0.3, 0.4) is 0 Å². The molecule has 0 aromatic heterocycles. The van der Waals surface area contributed by atoms with Crippen molar-refractivity contribution in [3.05, 3.63) is 59.7 Å². The molecule has 1 aliphatic heterocycles. The number of benzene rings is 2. The van der Waals surface area contributed by atoms with Crippen LogP contribution in [0.1, 0.15) is 36.4 Å². The van der Waals surface area contributed by atoms with Crippen LogP contribution in [0.15, 0.2) is 48.5 Å². The molecule has 2 nitrogen and oxygen atoms in total. The zero-order chi connectivity index (χ0) is 15.6. The molecule has 0 saturated carbocycles. The molecule has 0 radical (unpaired) electrons. The van der Waals surface area contributed by atoms with E-state index in [1.165, 1.54) is 54.6 Å². The maximum absolute atomic E-state index is 3.29. The van der Waals surface area contributed by atoms with Crippen LogP contribution >= 0.6 is 0 Å². The van der Waals surface area contributed by atoms with E-state index >= 15 is 0 Å². The fraction of sp³-hybridized carbons (Fsp3) is 0.429. The lowest BCUT2D eigenvalue weighted by Crippen LogP contribution is -2.37. The van der Waals surface area contributed by atoms with Gasteiger partial charge in [0.15, 0.2) is 0 Å². The Morgan fingerprint density at radius 3 is 2.04 bits per heavy atom. The summed E-state index contributed by atoms with van der Waals surface area (Å²) in [5.74, 6) is 0.894. The van der Waals surface area contributed by atoms with E-state index in [0.717, 1.165) is 12.5 Å². The minimum atomic E-state index is 0.465. The minimum absolute atomic E-state index is 0.465. The van der Waals surface area contributed by atoms with Gasteiger partial charge in [0.2, 0.25) is 0 Å².